The third-order valence-electron chi connectivity index (χ3n) is 4.25. The minimum absolute atomic E-state index is 0.481. The van der Waals surface area contributed by atoms with Crippen LogP contribution in [0.5, 0.6) is 0 Å². The molecule has 0 atom stereocenters. The minimum atomic E-state index is 0.481. The normalized spacial score (nSPS) is 13.9. The summed E-state index contributed by atoms with van der Waals surface area (Å²) in [5.41, 5.74) is 3.44. The molecule has 1 aromatic carbocycles. The van der Waals surface area contributed by atoms with E-state index in [2.05, 4.69) is 30.7 Å². The smallest absolute Gasteiger partial charge is 0.231 e. The fourth-order valence-electron chi connectivity index (χ4n) is 2.99. The maximum absolute atomic E-state index is 5.35. The lowest BCUT2D eigenvalue weighted by molar-refractivity contribution is 0.380. The highest BCUT2D eigenvalue weighted by molar-refractivity contribution is 5.46. The molecular formula is C18H20N6O. The molecule has 1 aliphatic heterocycles. The number of aromatic nitrogens is 4. The van der Waals surface area contributed by atoms with E-state index in [1.165, 1.54) is 5.56 Å². The first kappa shape index (κ1) is 15.7. The number of nitrogens with zero attached hydrogens (tertiary/aromatic N) is 4. The molecule has 2 N–H and O–H groups in total. The average molecular weight is 336 g/mol. The molecule has 25 heavy (non-hydrogen) atoms. The highest BCUT2D eigenvalue weighted by Crippen LogP contribution is 2.18. The first-order valence-electron chi connectivity index (χ1n) is 8.51. The summed E-state index contributed by atoms with van der Waals surface area (Å²) in [6.45, 7) is 2.38. The van der Waals surface area contributed by atoms with Gasteiger partial charge in [0, 0.05) is 18.5 Å². The van der Waals surface area contributed by atoms with Crippen LogP contribution in [0.25, 0.3) is 0 Å². The van der Waals surface area contributed by atoms with Gasteiger partial charge in [-0.3, -0.25) is 0 Å². The van der Waals surface area contributed by atoms with Gasteiger partial charge in [0.1, 0.15) is 12.1 Å². The summed E-state index contributed by atoms with van der Waals surface area (Å²) < 4.78 is 5.35. The molecule has 0 fully saturated rings. The van der Waals surface area contributed by atoms with E-state index in [1.807, 2.05) is 30.3 Å². The molecule has 3 heterocycles. The molecule has 7 nitrogen and oxygen atoms in total. The van der Waals surface area contributed by atoms with Crippen LogP contribution < -0.4 is 10.6 Å². The number of anilines is 1. The van der Waals surface area contributed by atoms with Crippen molar-refractivity contribution in [3.05, 3.63) is 65.2 Å². The summed E-state index contributed by atoms with van der Waals surface area (Å²) in [5.74, 6) is 2.11. The van der Waals surface area contributed by atoms with Crippen LogP contribution in [0, 0.1) is 0 Å². The third kappa shape index (κ3) is 3.83. The molecule has 128 valence electrons. The number of hydrogen-bond acceptors (Lipinski definition) is 7. The Bertz CT molecular complexity index is 833. The lowest BCUT2D eigenvalue weighted by atomic mass is 10.1. The molecule has 0 bridgehead atoms. The zero-order chi connectivity index (χ0) is 16.9. The SMILES string of the molecule is c1ccc(Cc2nc(CNc3ncnc4c3CCNCC4)no2)cc1. The molecule has 7 heteroatoms. The summed E-state index contributed by atoms with van der Waals surface area (Å²) >= 11 is 0. The van der Waals surface area contributed by atoms with Gasteiger partial charge in [-0.2, -0.15) is 4.98 Å². The zero-order valence-corrected chi connectivity index (χ0v) is 13.9. The van der Waals surface area contributed by atoms with Gasteiger partial charge in [-0.25, -0.2) is 9.97 Å². The number of rotatable bonds is 5. The van der Waals surface area contributed by atoms with E-state index in [1.54, 1.807) is 6.33 Å². The van der Waals surface area contributed by atoms with Gasteiger partial charge in [-0.05, 0) is 18.5 Å². The van der Waals surface area contributed by atoms with Crippen LogP contribution >= 0.6 is 0 Å². The van der Waals surface area contributed by atoms with Gasteiger partial charge in [-0.15, -0.1) is 0 Å². The highest BCUT2D eigenvalue weighted by Gasteiger charge is 2.15. The van der Waals surface area contributed by atoms with Crippen molar-refractivity contribution in [2.45, 2.75) is 25.8 Å². The molecule has 0 unspecified atom stereocenters. The summed E-state index contributed by atoms with van der Waals surface area (Å²) in [7, 11) is 0. The predicted molar refractivity (Wildman–Crippen MR) is 93.2 cm³/mol. The summed E-state index contributed by atoms with van der Waals surface area (Å²) in [6, 6.07) is 10.1. The van der Waals surface area contributed by atoms with Gasteiger partial charge in [-0.1, -0.05) is 35.5 Å². The Morgan fingerprint density at radius 2 is 1.96 bits per heavy atom. The lowest BCUT2D eigenvalue weighted by Crippen LogP contribution is -2.16. The van der Waals surface area contributed by atoms with Crippen molar-refractivity contribution >= 4 is 5.82 Å². The van der Waals surface area contributed by atoms with Crippen molar-refractivity contribution in [1.82, 2.24) is 25.4 Å². The molecule has 0 aliphatic carbocycles. The van der Waals surface area contributed by atoms with Gasteiger partial charge >= 0.3 is 0 Å². The van der Waals surface area contributed by atoms with Crippen LogP contribution in [-0.2, 0) is 25.8 Å². The van der Waals surface area contributed by atoms with E-state index in [9.17, 15) is 0 Å². The first-order valence-corrected chi connectivity index (χ1v) is 8.51. The fraction of sp³-hybridized carbons (Fsp3) is 0.333. The van der Waals surface area contributed by atoms with Gasteiger partial charge in [0.25, 0.3) is 0 Å². The Labute approximate surface area is 145 Å². The quantitative estimate of drug-likeness (QED) is 0.734. The highest BCUT2D eigenvalue weighted by atomic mass is 16.5. The van der Waals surface area contributed by atoms with Gasteiger partial charge in [0.15, 0.2) is 5.82 Å². The molecule has 0 saturated heterocycles. The van der Waals surface area contributed by atoms with Crippen molar-refractivity contribution in [2.75, 3.05) is 18.4 Å². The van der Waals surface area contributed by atoms with E-state index < -0.39 is 0 Å². The monoisotopic (exact) mass is 336 g/mol. The van der Waals surface area contributed by atoms with E-state index >= 15 is 0 Å². The summed E-state index contributed by atoms with van der Waals surface area (Å²) in [5, 5.41) is 10.8. The Morgan fingerprint density at radius 1 is 1.08 bits per heavy atom. The van der Waals surface area contributed by atoms with Crippen LogP contribution in [0.3, 0.4) is 0 Å². The van der Waals surface area contributed by atoms with Crippen LogP contribution in [0.2, 0.25) is 0 Å². The number of nitrogens with one attached hydrogen (secondary N) is 2. The maximum atomic E-state index is 5.35. The molecule has 3 aromatic rings. The van der Waals surface area contributed by atoms with Crippen LogP contribution in [0.4, 0.5) is 5.82 Å². The van der Waals surface area contributed by atoms with Gasteiger partial charge in [0.05, 0.1) is 18.7 Å². The molecule has 0 spiro atoms. The van der Waals surface area contributed by atoms with Crippen LogP contribution in [0.15, 0.2) is 41.2 Å². The Hall–Kier alpha value is -2.80. The third-order valence-corrected chi connectivity index (χ3v) is 4.25. The van der Waals surface area contributed by atoms with Crippen LogP contribution in [0.1, 0.15) is 28.5 Å². The molecule has 0 radical (unpaired) electrons. The Morgan fingerprint density at radius 3 is 2.88 bits per heavy atom. The van der Waals surface area contributed by atoms with Crippen molar-refractivity contribution < 1.29 is 4.52 Å². The Balaban J connectivity index is 1.42. The topological polar surface area (TPSA) is 88.8 Å². The number of benzene rings is 1. The largest absolute Gasteiger partial charge is 0.362 e. The second-order valence-electron chi connectivity index (χ2n) is 6.02. The van der Waals surface area contributed by atoms with Crippen molar-refractivity contribution in [1.29, 1.82) is 0 Å². The number of fused-ring (bicyclic) bond motifs is 1. The zero-order valence-electron chi connectivity index (χ0n) is 13.9. The number of hydrogen-bond donors (Lipinski definition) is 2. The van der Waals surface area contributed by atoms with Crippen molar-refractivity contribution in [2.24, 2.45) is 0 Å². The second-order valence-corrected chi connectivity index (χ2v) is 6.02. The maximum Gasteiger partial charge on any atom is 0.231 e. The fourth-order valence-corrected chi connectivity index (χ4v) is 2.99. The van der Waals surface area contributed by atoms with Gasteiger partial charge in [0.2, 0.25) is 5.89 Å². The Kier molecular flexibility index (Phi) is 4.65. The first-order chi connectivity index (χ1) is 12.4. The molecule has 1 aliphatic rings. The molecule has 4 rings (SSSR count). The molecule has 0 amide bonds. The molecular weight excluding hydrogens is 316 g/mol. The second kappa shape index (κ2) is 7.40. The van der Waals surface area contributed by atoms with Crippen molar-refractivity contribution in [3.8, 4) is 0 Å². The minimum Gasteiger partial charge on any atom is -0.362 e. The van der Waals surface area contributed by atoms with Gasteiger partial charge < -0.3 is 15.2 Å². The average Bonchev–Trinajstić information content (AvgIpc) is 2.94. The van der Waals surface area contributed by atoms with Crippen LogP contribution in [-0.4, -0.2) is 33.2 Å². The van der Waals surface area contributed by atoms with E-state index in [-0.39, 0.29) is 0 Å². The summed E-state index contributed by atoms with van der Waals surface area (Å²) in [4.78, 5) is 13.2. The summed E-state index contributed by atoms with van der Waals surface area (Å²) in [6.07, 6.45) is 4.10. The standard InChI is InChI=1S/C18H20N6O/c1-2-4-13(5-3-1)10-17-23-16(24-25-17)11-20-18-14-6-8-19-9-7-15(14)21-12-22-18/h1-5,12,19H,6-11H2,(H,20,21,22). The van der Waals surface area contributed by atoms with Crippen molar-refractivity contribution in [3.63, 3.8) is 0 Å². The van der Waals surface area contributed by atoms with E-state index in [0.717, 1.165) is 43.0 Å². The lowest BCUT2D eigenvalue weighted by Gasteiger charge is -2.10. The van der Waals surface area contributed by atoms with E-state index in [0.29, 0.717) is 24.7 Å². The molecule has 0 saturated carbocycles. The molecule has 2 aromatic heterocycles. The van der Waals surface area contributed by atoms with E-state index in [4.69, 9.17) is 4.52 Å². The predicted octanol–water partition coefficient (Wildman–Crippen LogP) is 1.75.